The van der Waals surface area contributed by atoms with Crippen molar-refractivity contribution in [3.8, 4) is 6.07 Å². The van der Waals surface area contributed by atoms with Gasteiger partial charge in [0.05, 0.1) is 30.0 Å². The van der Waals surface area contributed by atoms with Gasteiger partial charge >= 0.3 is 0 Å². The maximum Gasteiger partial charge on any atom is 0.223 e. The number of nitrogens with zero attached hydrogens (tertiary/aromatic N) is 4. The summed E-state index contributed by atoms with van der Waals surface area (Å²) in [6, 6.07) is 6.25. The smallest absolute Gasteiger partial charge is 0.223 e. The van der Waals surface area contributed by atoms with Crippen molar-refractivity contribution in [1.82, 2.24) is 25.0 Å². The van der Waals surface area contributed by atoms with Gasteiger partial charge in [-0.2, -0.15) is 10.4 Å². The summed E-state index contributed by atoms with van der Waals surface area (Å²) in [5, 5.41) is 16.8. The van der Waals surface area contributed by atoms with E-state index in [-0.39, 0.29) is 11.8 Å². The number of fused-ring (bicyclic) bond motifs is 1. The van der Waals surface area contributed by atoms with Crippen molar-refractivity contribution in [3.05, 3.63) is 40.5 Å². The van der Waals surface area contributed by atoms with Crippen LogP contribution in [0.4, 0.5) is 0 Å². The molecule has 2 aromatic rings. The molecule has 0 bridgehead atoms. The molecule has 0 aromatic carbocycles. The molecule has 1 amide bonds. The molecule has 1 fully saturated rings. The zero-order valence-electron chi connectivity index (χ0n) is 15.8. The minimum absolute atomic E-state index is 0.176. The van der Waals surface area contributed by atoms with Crippen LogP contribution in [-0.2, 0) is 31.0 Å². The Labute approximate surface area is 159 Å². The molecule has 0 radical (unpaired) electrons. The summed E-state index contributed by atoms with van der Waals surface area (Å²) in [6.45, 7) is 5.82. The third-order valence-electron chi connectivity index (χ3n) is 5.68. The second kappa shape index (κ2) is 7.57. The zero-order valence-corrected chi connectivity index (χ0v) is 15.8. The molecule has 0 atom stereocenters. The molecule has 0 spiro atoms. The van der Waals surface area contributed by atoms with Crippen LogP contribution < -0.4 is 5.32 Å². The van der Waals surface area contributed by atoms with Crippen molar-refractivity contribution < 1.29 is 4.79 Å². The van der Waals surface area contributed by atoms with E-state index in [1.54, 1.807) is 0 Å². The van der Waals surface area contributed by atoms with E-state index in [1.807, 2.05) is 17.7 Å². The molecule has 1 saturated carbocycles. The van der Waals surface area contributed by atoms with E-state index in [0.717, 1.165) is 56.1 Å². The summed E-state index contributed by atoms with van der Waals surface area (Å²) >= 11 is 0. The van der Waals surface area contributed by atoms with Crippen molar-refractivity contribution in [3.63, 3.8) is 0 Å². The predicted molar refractivity (Wildman–Crippen MR) is 100 cm³/mol. The van der Waals surface area contributed by atoms with Crippen LogP contribution >= 0.6 is 0 Å². The van der Waals surface area contributed by atoms with Crippen molar-refractivity contribution in [2.75, 3.05) is 6.54 Å². The third-order valence-corrected chi connectivity index (χ3v) is 5.68. The van der Waals surface area contributed by atoms with E-state index in [1.165, 1.54) is 18.5 Å². The molecule has 0 unspecified atom stereocenters. The number of aryl methyl sites for hydroxylation is 1. The van der Waals surface area contributed by atoms with Gasteiger partial charge in [0.2, 0.25) is 5.91 Å². The van der Waals surface area contributed by atoms with E-state index in [4.69, 9.17) is 5.26 Å². The fourth-order valence-corrected chi connectivity index (χ4v) is 4.18. The monoisotopic (exact) mass is 366 g/mol. The average molecular weight is 366 g/mol. The normalized spacial score (nSPS) is 17.6. The highest BCUT2D eigenvalue weighted by Gasteiger charge is 2.23. The lowest BCUT2D eigenvalue weighted by Crippen LogP contribution is -2.33. The molecule has 27 heavy (non-hydrogen) atoms. The van der Waals surface area contributed by atoms with Crippen LogP contribution in [0.15, 0.2) is 12.1 Å². The number of nitriles is 1. The molecule has 3 heterocycles. The number of carbonyl (C=O) groups excluding carboxylic acids is 1. The van der Waals surface area contributed by atoms with Crippen LogP contribution in [0.2, 0.25) is 0 Å². The second-order valence-electron chi connectivity index (χ2n) is 7.71. The average Bonchev–Trinajstić information content (AvgIpc) is 3.39. The third kappa shape index (κ3) is 3.91. The van der Waals surface area contributed by atoms with Crippen molar-refractivity contribution in [1.29, 1.82) is 5.26 Å². The predicted octanol–water partition coefficient (Wildman–Crippen LogP) is 2.21. The number of amides is 1. The van der Waals surface area contributed by atoms with E-state index in [0.29, 0.717) is 12.1 Å². The topological polar surface area (TPSA) is 89.7 Å². The number of rotatable bonds is 5. The number of hydrogen-bond acceptors (Lipinski definition) is 4. The highest BCUT2D eigenvalue weighted by atomic mass is 16.1. The standard InChI is InChI=1S/C20H26N6O/c1-14-16(10-21)8-18(23-14)12-25-6-7-26-19(13-25)9-17(24-26)11-22-20(27)15-4-2-3-5-15/h8-9,15,23H,2-7,11-13H2,1H3,(H,22,27). The Kier molecular flexibility index (Phi) is 4.99. The number of nitrogens with one attached hydrogen (secondary N) is 2. The first kappa shape index (κ1) is 17.8. The Balaban J connectivity index is 1.34. The number of carbonyl (C=O) groups is 1. The van der Waals surface area contributed by atoms with Crippen LogP contribution in [0, 0.1) is 24.2 Å². The SMILES string of the molecule is Cc1[nH]c(CN2CCn3nc(CNC(=O)C4CCCC4)cc3C2)cc1C#N. The fraction of sp³-hybridized carbons (Fsp3) is 0.550. The van der Waals surface area contributed by atoms with Crippen molar-refractivity contribution in [2.45, 2.75) is 58.8 Å². The van der Waals surface area contributed by atoms with E-state index in [9.17, 15) is 4.79 Å². The van der Waals surface area contributed by atoms with Gasteiger partial charge in [-0.25, -0.2) is 0 Å². The first-order chi connectivity index (χ1) is 13.1. The molecule has 7 nitrogen and oxygen atoms in total. The Bertz CT molecular complexity index is 868. The first-order valence-electron chi connectivity index (χ1n) is 9.76. The van der Waals surface area contributed by atoms with Crippen LogP contribution in [0.1, 0.15) is 54.0 Å². The van der Waals surface area contributed by atoms with E-state index >= 15 is 0 Å². The van der Waals surface area contributed by atoms with Gasteiger partial charge in [-0.1, -0.05) is 12.8 Å². The maximum atomic E-state index is 12.2. The first-order valence-corrected chi connectivity index (χ1v) is 9.76. The van der Waals surface area contributed by atoms with Gasteiger partial charge in [0.1, 0.15) is 6.07 Å². The van der Waals surface area contributed by atoms with Gasteiger partial charge in [0.25, 0.3) is 0 Å². The van der Waals surface area contributed by atoms with E-state index in [2.05, 4.69) is 32.4 Å². The molecule has 1 aliphatic heterocycles. The number of aromatic nitrogens is 3. The minimum atomic E-state index is 0.176. The van der Waals surface area contributed by atoms with Gasteiger partial charge in [-0.15, -0.1) is 0 Å². The van der Waals surface area contributed by atoms with Crippen LogP contribution in [0.3, 0.4) is 0 Å². The molecule has 2 N–H and O–H groups in total. The summed E-state index contributed by atoms with van der Waals surface area (Å²) in [5.41, 5.74) is 4.82. The highest BCUT2D eigenvalue weighted by Crippen LogP contribution is 2.24. The summed E-state index contributed by atoms with van der Waals surface area (Å²) in [7, 11) is 0. The second-order valence-corrected chi connectivity index (χ2v) is 7.71. The Morgan fingerprint density at radius 3 is 2.93 bits per heavy atom. The van der Waals surface area contributed by atoms with Gasteiger partial charge in [-0.05, 0) is 31.9 Å². The van der Waals surface area contributed by atoms with Gasteiger partial charge in [0, 0.05) is 36.9 Å². The van der Waals surface area contributed by atoms with E-state index < -0.39 is 0 Å². The fourth-order valence-electron chi connectivity index (χ4n) is 4.18. The van der Waals surface area contributed by atoms with Crippen LogP contribution in [0.5, 0.6) is 0 Å². The molecule has 1 aliphatic carbocycles. The molecule has 2 aromatic heterocycles. The van der Waals surface area contributed by atoms with Crippen LogP contribution in [-0.4, -0.2) is 32.1 Å². The largest absolute Gasteiger partial charge is 0.360 e. The maximum absolute atomic E-state index is 12.2. The minimum Gasteiger partial charge on any atom is -0.360 e. The Morgan fingerprint density at radius 2 is 2.19 bits per heavy atom. The molecule has 142 valence electrons. The lowest BCUT2D eigenvalue weighted by molar-refractivity contribution is -0.124. The molecular formula is C20H26N6O. The van der Waals surface area contributed by atoms with Crippen molar-refractivity contribution in [2.24, 2.45) is 5.92 Å². The van der Waals surface area contributed by atoms with Gasteiger partial charge in [0.15, 0.2) is 0 Å². The number of aromatic amines is 1. The quantitative estimate of drug-likeness (QED) is 0.849. The summed E-state index contributed by atoms with van der Waals surface area (Å²) in [6.07, 6.45) is 4.38. The zero-order chi connectivity index (χ0) is 18.8. The Morgan fingerprint density at radius 1 is 1.37 bits per heavy atom. The lowest BCUT2D eigenvalue weighted by Gasteiger charge is -2.26. The summed E-state index contributed by atoms with van der Waals surface area (Å²) in [4.78, 5) is 17.8. The molecule has 7 heteroatoms. The molecule has 0 saturated heterocycles. The molecule has 2 aliphatic rings. The Hall–Kier alpha value is -2.59. The highest BCUT2D eigenvalue weighted by molar-refractivity contribution is 5.78. The van der Waals surface area contributed by atoms with Gasteiger partial charge < -0.3 is 10.3 Å². The van der Waals surface area contributed by atoms with Crippen LogP contribution in [0.25, 0.3) is 0 Å². The van der Waals surface area contributed by atoms with Crippen molar-refractivity contribution >= 4 is 5.91 Å². The number of hydrogen-bond donors (Lipinski definition) is 2. The van der Waals surface area contributed by atoms with Gasteiger partial charge in [-0.3, -0.25) is 14.4 Å². The lowest BCUT2D eigenvalue weighted by atomic mass is 10.1. The summed E-state index contributed by atoms with van der Waals surface area (Å²) in [5.74, 6) is 0.371. The number of H-pyrrole nitrogens is 1. The molecule has 4 rings (SSSR count). The summed E-state index contributed by atoms with van der Waals surface area (Å²) < 4.78 is 2.05. The molecular weight excluding hydrogens is 340 g/mol.